The van der Waals surface area contributed by atoms with Crippen molar-refractivity contribution in [3.63, 3.8) is 0 Å². The van der Waals surface area contributed by atoms with Gasteiger partial charge in [0, 0.05) is 12.0 Å². The number of benzene rings is 3. The van der Waals surface area contributed by atoms with Gasteiger partial charge in [-0.05, 0) is 71.2 Å². The van der Waals surface area contributed by atoms with Crippen molar-refractivity contribution in [3.05, 3.63) is 95.1 Å². The third-order valence-electron chi connectivity index (χ3n) is 7.77. The second-order valence-corrected chi connectivity index (χ2v) is 9.73. The van der Waals surface area contributed by atoms with Crippen LogP contribution in [0.25, 0.3) is 16.7 Å². The standard InChI is InChI=1S/C30H27F2NO3/c1-35-28-16-19(15-27(31)29(28)32)18-13-20-7-6-8-21(14-18)33(20)30(34)36-17-26-24-11-4-2-9-22(24)23-10-3-5-12-25(23)26/h2-5,9-13,15-16,20-21,26H,6-8,14,17H2,1H3. The number of halogens is 2. The Morgan fingerprint density at radius 3 is 2.36 bits per heavy atom. The molecule has 184 valence electrons. The van der Waals surface area contributed by atoms with Crippen molar-refractivity contribution in [1.29, 1.82) is 0 Å². The molecule has 0 radical (unpaired) electrons. The summed E-state index contributed by atoms with van der Waals surface area (Å²) in [6.45, 7) is 0.278. The molecule has 36 heavy (non-hydrogen) atoms. The van der Waals surface area contributed by atoms with E-state index < -0.39 is 11.6 Å². The second kappa shape index (κ2) is 9.08. The lowest BCUT2D eigenvalue weighted by Crippen LogP contribution is -2.51. The molecule has 6 rings (SSSR count). The van der Waals surface area contributed by atoms with Gasteiger partial charge < -0.3 is 9.47 Å². The highest BCUT2D eigenvalue weighted by Gasteiger charge is 2.39. The van der Waals surface area contributed by atoms with Crippen LogP contribution < -0.4 is 4.74 Å². The zero-order chi connectivity index (χ0) is 24.8. The lowest BCUT2D eigenvalue weighted by atomic mass is 9.83. The molecule has 0 aromatic heterocycles. The number of methoxy groups -OCH3 is 1. The van der Waals surface area contributed by atoms with Gasteiger partial charge in [-0.25, -0.2) is 9.18 Å². The van der Waals surface area contributed by atoms with Gasteiger partial charge >= 0.3 is 6.09 Å². The van der Waals surface area contributed by atoms with E-state index in [-0.39, 0.29) is 36.5 Å². The Balaban J connectivity index is 1.23. The summed E-state index contributed by atoms with van der Waals surface area (Å²) in [4.78, 5) is 15.2. The van der Waals surface area contributed by atoms with E-state index in [2.05, 4.69) is 24.3 Å². The molecule has 4 nitrogen and oxygen atoms in total. The fourth-order valence-electron chi connectivity index (χ4n) is 6.09. The number of hydrogen-bond donors (Lipinski definition) is 0. The predicted octanol–water partition coefficient (Wildman–Crippen LogP) is 6.93. The van der Waals surface area contributed by atoms with Crippen LogP contribution in [0.2, 0.25) is 0 Å². The minimum absolute atomic E-state index is 0.00624. The molecule has 6 heteroatoms. The smallest absolute Gasteiger partial charge is 0.410 e. The number of amides is 1. The number of rotatable bonds is 4. The Morgan fingerprint density at radius 1 is 1.00 bits per heavy atom. The van der Waals surface area contributed by atoms with Gasteiger partial charge in [0.25, 0.3) is 0 Å². The van der Waals surface area contributed by atoms with Crippen molar-refractivity contribution < 1.29 is 23.0 Å². The third-order valence-corrected chi connectivity index (χ3v) is 7.77. The van der Waals surface area contributed by atoms with E-state index in [0.29, 0.717) is 12.0 Å². The summed E-state index contributed by atoms with van der Waals surface area (Å²) in [5, 5.41) is 0. The number of ether oxygens (including phenoxy) is 2. The fourth-order valence-corrected chi connectivity index (χ4v) is 6.09. The van der Waals surface area contributed by atoms with Crippen LogP contribution in [0.1, 0.15) is 48.3 Å². The molecule has 2 heterocycles. The quantitative estimate of drug-likeness (QED) is 0.400. The zero-order valence-corrected chi connectivity index (χ0v) is 20.0. The van der Waals surface area contributed by atoms with Gasteiger partial charge in [0.2, 0.25) is 5.82 Å². The first kappa shape index (κ1) is 22.8. The van der Waals surface area contributed by atoms with Crippen LogP contribution >= 0.6 is 0 Å². The largest absolute Gasteiger partial charge is 0.494 e. The molecule has 3 aromatic rings. The van der Waals surface area contributed by atoms with Crippen molar-refractivity contribution in [3.8, 4) is 16.9 Å². The molecule has 2 atom stereocenters. The fraction of sp³-hybridized carbons (Fsp3) is 0.300. The third kappa shape index (κ3) is 3.76. The Morgan fingerprint density at radius 2 is 1.69 bits per heavy atom. The lowest BCUT2D eigenvalue weighted by molar-refractivity contribution is 0.0539. The monoisotopic (exact) mass is 487 g/mol. The van der Waals surface area contributed by atoms with Crippen LogP contribution in [0.15, 0.2) is 66.7 Å². The highest BCUT2D eigenvalue weighted by Crippen LogP contribution is 2.45. The summed E-state index contributed by atoms with van der Waals surface area (Å²) in [6, 6.07) is 19.1. The van der Waals surface area contributed by atoms with Crippen LogP contribution in [0.4, 0.5) is 13.6 Å². The maximum absolute atomic E-state index is 14.2. The van der Waals surface area contributed by atoms with E-state index in [1.54, 1.807) is 0 Å². The molecule has 1 fully saturated rings. The van der Waals surface area contributed by atoms with Gasteiger partial charge in [-0.2, -0.15) is 4.39 Å². The molecule has 2 unspecified atom stereocenters. The van der Waals surface area contributed by atoms with E-state index in [4.69, 9.17) is 9.47 Å². The molecule has 1 aliphatic carbocycles. The first-order valence-electron chi connectivity index (χ1n) is 12.4. The Hall–Kier alpha value is -3.67. The molecule has 3 aliphatic rings. The van der Waals surface area contributed by atoms with E-state index in [1.807, 2.05) is 35.2 Å². The maximum Gasteiger partial charge on any atom is 0.410 e. The zero-order valence-electron chi connectivity index (χ0n) is 20.0. The van der Waals surface area contributed by atoms with Gasteiger partial charge in [-0.3, -0.25) is 4.90 Å². The van der Waals surface area contributed by atoms with Crippen LogP contribution in [0.3, 0.4) is 0 Å². The summed E-state index contributed by atoms with van der Waals surface area (Å²) < 4.78 is 39.1. The Kier molecular flexibility index (Phi) is 5.75. The molecular weight excluding hydrogens is 460 g/mol. The summed E-state index contributed by atoms with van der Waals surface area (Å²) >= 11 is 0. The van der Waals surface area contributed by atoms with Gasteiger partial charge in [0.05, 0.1) is 13.2 Å². The topological polar surface area (TPSA) is 38.8 Å². The average Bonchev–Trinajstić information content (AvgIpc) is 3.21. The summed E-state index contributed by atoms with van der Waals surface area (Å²) in [5.74, 6) is -2.03. The number of carbonyl (C=O) groups excluding carboxylic acids is 1. The Bertz CT molecular complexity index is 1320. The second-order valence-electron chi connectivity index (χ2n) is 9.73. The number of carbonyl (C=O) groups is 1. The molecule has 2 bridgehead atoms. The van der Waals surface area contributed by atoms with Gasteiger partial charge in [0.15, 0.2) is 11.6 Å². The molecule has 0 spiro atoms. The van der Waals surface area contributed by atoms with Gasteiger partial charge in [-0.1, -0.05) is 54.6 Å². The van der Waals surface area contributed by atoms with Crippen molar-refractivity contribution in [1.82, 2.24) is 4.90 Å². The number of nitrogens with zero attached hydrogens (tertiary/aromatic N) is 1. The Labute approximate surface area is 209 Å². The average molecular weight is 488 g/mol. The highest BCUT2D eigenvalue weighted by atomic mass is 19.2. The molecule has 0 N–H and O–H groups in total. The lowest BCUT2D eigenvalue weighted by Gasteiger charge is -2.44. The van der Waals surface area contributed by atoms with Crippen LogP contribution in [0, 0.1) is 11.6 Å². The molecule has 1 saturated heterocycles. The summed E-state index contributed by atoms with van der Waals surface area (Å²) in [6.07, 6.45) is 4.92. The van der Waals surface area contributed by atoms with E-state index in [0.717, 1.165) is 24.8 Å². The molecular formula is C30H27F2NO3. The van der Waals surface area contributed by atoms with E-state index in [9.17, 15) is 13.6 Å². The molecule has 0 saturated carbocycles. The predicted molar refractivity (Wildman–Crippen MR) is 134 cm³/mol. The van der Waals surface area contributed by atoms with Crippen LogP contribution in [-0.2, 0) is 4.74 Å². The minimum Gasteiger partial charge on any atom is -0.494 e. The molecule has 2 aliphatic heterocycles. The van der Waals surface area contributed by atoms with Crippen LogP contribution in [0.5, 0.6) is 5.75 Å². The maximum atomic E-state index is 14.2. The molecule has 1 amide bonds. The van der Waals surface area contributed by atoms with Crippen molar-refractivity contribution in [2.24, 2.45) is 0 Å². The summed E-state index contributed by atoms with van der Waals surface area (Å²) in [7, 11) is 1.32. The van der Waals surface area contributed by atoms with Crippen molar-refractivity contribution in [2.45, 2.75) is 43.7 Å². The van der Waals surface area contributed by atoms with Crippen LogP contribution in [-0.4, -0.2) is 36.8 Å². The normalized spacial score (nSPS) is 20.4. The summed E-state index contributed by atoms with van der Waals surface area (Å²) in [5.41, 5.74) is 6.25. The highest BCUT2D eigenvalue weighted by molar-refractivity contribution is 5.79. The molecule has 3 aromatic carbocycles. The van der Waals surface area contributed by atoms with Gasteiger partial charge in [0.1, 0.15) is 6.61 Å². The van der Waals surface area contributed by atoms with E-state index in [1.165, 1.54) is 41.5 Å². The number of piperidine rings is 1. The van der Waals surface area contributed by atoms with Crippen molar-refractivity contribution in [2.75, 3.05) is 13.7 Å². The SMILES string of the molecule is COc1cc(C2=CC3CCCC(C2)N3C(=O)OCC2c3ccccc3-c3ccccc32)cc(F)c1F. The first-order chi connectivity index (χ1) is 17.5. The van der Waals surface area contributed by atoms with E-state index >= 15 is 0 Å². The number of hydrogen-bond acceptors (Lipinski definition) is 3. The minimum atomic E-state index is -0.988. The first-order valence-corrected chi connectivity index (χ1v) is 12.4. The number of fused-ring (bicyclic) bond motifs is 5. The van der Waals surface area contributed by atoms with Gasteiger partial charge in [-0.15, -0.1) is 0 Å². The van der Waals surface area contributed by atoms with Crippen molar-refractivity contribution >= 4 is 11.7 Å².